The first-order valence-corrected chi connectivity index (χ1v) is 5.78. The van der Waals surface area contributed by atoms with Crippen LogP contribution in [0.2, 0.25) is 0 Å². The topological polar surface area (TPSA) is 98.2 Å². The van der Waals surface area contributed by atoms with Crippen LogP contribution in [0.5, 0.6) is 0 Å². The summed E-state index contributed by atoms with van der Waals surface area (Å²) in [5.41, 5.74) is 6.36. The van der Waals surface area contributed by atoms with E-state index < -0.39 is 0 Å². The van der Waals surface area contributed by atoms with E-state index in [1.807, 2.05) is 13.8 Å². The minimum Gasteiger partial charge on any atom is -0.349 e. The van der Waals surface area contributed by atoms with Crippen molar-refractivity contribution in [1.29, 1.82) is 0 Å². The number of carbonyl (C=O) groups is 1. The molecule has 1 atom stereocenters. The lowest BCUT2D eigenvalue weighted by Crippen LogP contribution is -2.31. The lowest BCUT2D eigenvalue weighted by Gasteiger charge is -2.07. The molecule has 2 heterocycles. The van der Waals surface area contributed by atoms with E-state index in [0.717, 1.165) is 5.69 Å². The number of carbonyl (C=O) groups excluding carboxylic acids is 1. The fourth-order valence-electron chi connectivity index (χ4n) is 1.43. The Balaban J connectivity index is 2.16. The Morgan fingerprint density at radius 1 is 1.61 bits per heavy atom. The molecular formula is C11H16N6O. The summed E-state index contributed by atoms with van der Waals surface area (Å²) in [4.78, 5) is 19.9. The third-order valence-electron chi connectivity index (χ3n) is 2.65. The van der Waals surface area contributed by atoms with Gasteiger partial charge < -0.3 is 11.1 Å². The number of aryl methyl sites for hydroxylation is 1. The number of rotatable bonds is 4. The molecule has 3 N–H and O–H groups in total. The quantitative estimate of drug-likeness (QED) is 0.778. The molecule has 0 aromatic carbocycles. The smallest absolute Gasteiger partial charge is 0.291 e. The van der Waals surface area contributed by atoms with Crippen molar-refractivity contribution >= 4 is 11.7 Å². The van der Waals surface area contributed by atoms with Crippen molar-refractivity contribution in [2.24, 2.45) is 11.7 Å². The monoisotopic (exact) mass is 248 g/mol. The van der Waals surface area contributed by atoms with Gasteiger partial charge >= 0.3 is 0 Å². The van der Waals surface area contributed by atoms with Gasteiger partial charge in [0.25, 0.3) is 11.7 Å². The summed E-state index contributed by atoms with van der Waals surface area (Å²) >= 11 is 0. The van der Waals surface area contributed by atoms with Crippen molar-refractivity contribution in [3.63, 3.8) is 0 Å². The van der Waals surface area contributed by atoms with Crippen molar-refractivity contribution < 1.29 is 4.79 Å². The van der Waals surface area contributed by atoms with Gasteiger partial charge in [0.1, 0.15) is 0 Å². The van der Waals surface area contributed by atoms with Crippen LogP contribution in [0.1, 0.15) is 23.2 Å². The van der Waals surface area contributed by atoms with Gasteiger partial charge in [-0.2, -0.15) is 4.98 Å². The number of nitrogens with one attached hydrogen (secondary N) is 1. The molecule has 0 bridgehead atoms. The van der Waals surface area contributed by atoms with E-state index in [1.165, 1.54) is 0 Å². The number of aromatic nitrogens is 4. The first-order valence-electron chi connectivity index (χ1n) is 5.78. The Kier molecular flexibility index (Phi) is 3.52. The molecule has 0 saturated carbocycles. The number of nitrogens with zero attached hydrogens (tertiary/aromatic N) is 4. The van der Waals surface area contributed by atoms with Gasteiger partial charge in [-0.25, -0.2) is 9.50 Å². The van der Waals surface area contributed by atoms with Crippen molar-refractivity contribution in [2.75, 3.05) is 13.1 Å². The van der Waals surface area contributed by atoms with Crippen LogP contribution in [0.4, 0.5) is 0 Å². The van der Waals surface area contributed by atoms with E-state index in [9.17, 15) is 4.79 Å². The molecule has 0 saturated heterocycles. The second-order valence-corrected chi connectivity index (χ2v) is 4.28. The molecular weight excluding hydrogens is 232 g/mol. The predicted octanol–water partition coefficient (Wildman–Crippen LogP) is -0.243. The lowest BCUT2D eigenvalue weighted by molar-refractivity contribution is 0.0938. The van der Waals surface area contributed by atoms with Crippen molar-refractivity contribution in [1.82, 2.24) is 24.9 Å². The minimum atomic E-state index is -0.305. The zero-order valence-electron chi connectivity index (χ0n) is 10.4. The average Bonchev–Trinajstić information content (AvgIpc) is 2.81. The highest BCUT2D eigenvalue weighted by atomic mass is 16.2. The minimum absolute atomic E-state index is 0.126. The molecule has 0 aliphatic rings. The van der Waals surface area contributed by atoms with Crippen molar-refractivity contribution in [2.45, 2.75) is 13.8 Å². The van der Waals surface area contributed by atoms with E-state index in [2.05, 4.69) is 20.4 Å². The molecule has 1 unspecified atom stereocenters. The van der Waals surface area contributed by atoms with Crippen molar-refractivity contribution in [3.05, 3.63) is 23.8 Å². The van der Waals surface area contributed by atoms with E-state index in [1.54, 1.807) is 16.8 Å². The fourth-order valence-corrected chi connectivity index (χ4v) is 1.43. The number of amides is 1. The third kappa shape index (κ3) is 2.45. The van der Waals surface area contributed by atoms with Crippen LogP contribution < -0.4 is 11.1 Å². The highest BCUT2D eigenvalue weighted by molar-refractivity contribution is 5.90. The highest BCUT2D eigenvalue weighted by Gasteiger charge is 2.14. The average molecular weight is 248 g/mol. The Morgan fingerprint density at radius 3 is 3.06 bits per heavy atom. The maximum Gasteiger partial charge on any atom is 0.291 e. The van der Waals surface area contributed by atoms with Crippen molar-refractivity contribution in [3.8, 4) is 0 Å². The van der Waals surface area contributed by atoms with Gasteiger partial charge in [0.2, 0.25) is 5.82 Å². The van der Waals surface area contributed by atoms with Crippen LogP contribution in [0.25, 0.3) is 5.78 Å². The number of fused-ring (bicyclic) bond motifs is 1. The first kappa shape index (κ1) is 12.4. The summed E-state index contributed by atoms with van der Waals surface area (Å²) in [5.74, 6) is 0.471. The Hall–Kier alpha value is -2.02. The summed E-state index contributed by atoms with van der Waals surface area (Å²) in [6, 6.07) is 1.81. The molecule has 2 rings (SSSR count). The summed E-state index contributed by atoms with van der Waals surface area (Å²) in [5, 5.41) is 6.86. The molecule has 1 amide bonds. The zero-order chi connectivity index (χ0) is 13.1. The molecule has 0 spiro atoms. The second kappa shape index (κ2) is 5.09. The fraction of sp³-hybridized carbons (Fsp3) is 0.455. The third-order valence-corrected chi connectivity index (χ3v) is 2.65. The maximum absolute atomic E-state index is 11.8. The molecule has 18 heavy (non-hydrogen) atoms. The van der Waals surface area contributed by atoms with Crippen LogP contribution in [0.15, 0.2) is 12.3 Å². The molecule has 0 aliphatic carbocycles. The Bertz CT molecular complexity index is 564. The molecule has 7 heteroatoms. The van der Waals surface area contributed by atoms with E-state index in [4.69, 9.17) is 5.73 Å². The van der Waals surface area contributed by atoms with Crippen LogP contribution in [0, 0.1) is 12.8 Å². The molecule has 96 valence electrons. The first-order chi connectivity index (χ1) is 8.61. The van der Waals surface area contributed by atoms with Gasteiger partial charge in [0.05, 0.1) is 0 Å². The molecule has 0 fully saturated rings. The standard InChI is InChI=1S/C11H16N6O/c1-7(5-12)6-14-10(18)9-15-11-13-4-3-8(2)17(11)16-9/h3-4,7H,5-6,12H2,1-2H3,(H,14,18). The number of nitrogens with two attached hydrogens (primary N) is 1. The maximum atomic E-state index is 11.8. The van der Waals surface area contributed by atoms with Gasteiger partial charge in [0, 0.05) is 18.4 Å². The molecule has 2 aromatic heterocycles. The van der Waals surface area contributed by atoms with Crippen LogP contribution in [-0.2, 0) is 0 Å². The molecule has 7 nitrogen and oxygen atoms in total. The summed E-state index contributed by atoms with van der Waals surface area (Å²) in [6.07, 6.45) is 1.64. The van der Waals surface area contributed by atoms with E-state index >= 15 is 0 Å². The zero-order valence-corrected chi connectivity index (χ0v) is 10.4. The lowest BCUT2D eigenvalue weighted by atomic mass is 10.2. The largest absolute Gasteiger partial charge is 0.349 e. The van der Waals surface area contributed by atoms with Gasteiger partial charge in [-0.1, -0.05) is 6.92 Å². The molecule has 0 radical (unpaired) electrons. The van der Waals surface area contributed by atoms with E-state index in [-0.39, 0.29) is 17.6 Å². The Labute approximate surface area is 104 Å². The SMILES string of the molecule is Cc1ccnc2nc(C(=O)NCC(C)CN)nn12. The van der Waals surface area contributed by atoms with Crippen LogP contribution in [0.3, 0.4) is 0 Å². The highest BCUT2D eigenvalue weighted by Crippen LogP contribution is 2.01. The van der Waals surface area contributed by atoms with Gasteiger partial charge in [0.15, 0.2) is 0 Å². The van der Waals surface area contributed by atoms with Crippen LogP contribution in [-0.4, -0.2) is 38.6 Å². The summed E-state index contributed by atoms with van der Waals surface area (Å²) in [7, 11) is 0. The second-order valence-electron chi connectivity index (χ2n) is 4.28. The summed E-state index contributed by atoms with van der Waals surface area (Å²) < 4.78 is 1.54. The van der Waals surface area contributed by atoms with Gasteiger partial charge in [-0.15, -0.1) is 5.10 Å². The van der Waals surface area contributed by atoms with E-state index in [0.29, 0.717) is 18.9 Å². The predicted molar refractivity (Wildman–Crippen MR) is 66.1 cm³/mol. The summed E-state index contributed by atoms with van der Waals surface area (Å²) in [6.45, 7) is 4.88. The molecule has 2 aromatic rings. The molecule has 0 aliphatic heterocycles. The number of hydrogen-bond acceptors (Lipinski definition) is 5. The normalized spacial score (nSPS) is 12.6. The van der Waals surface area contributed by atoms with Gasteiger partial charge in [-0.3, -0.25) is 4.79 Å². The van der Waals surface area contributed by atoms with Gasteiger partial charge in [-0.05, 0) is 25.5 Å². The number of hydrogen-bond donors (Lipinski definition) is 2. The Morgan fingerprint density at radius 2 is 2.39 bits per heavy atom. The van der Waals surface area contributed by atoms with Crippen LogP contribution >= 0.6 is 0 Å².